The molecule has 25 heavy (non-hydrogen) atoms. The summed E-state index contributed by atoms with van der Waals surface area (Å²) in [7, 11) is 0. The summed E-state index contributed by atoms with van der Waals surface area (Å²) in [4.78, 5) is 24.8. The summed E-state index contributed by atoms with van der Waals surface area (Å²) in [6, 6.07) is 18.8. The van der Waals surface area contributed by atoms with Crippen LogP contribution < -0.4 is 0 Å². The van der Waals surface area contributed by atoms with Crippen molar-refractivity contribution in [1.29, 1.82) is 0 Å². The highest BCUT2D eigenvalue weighted by molar-refractivity contribution is 6.08. The van der Waals surface area contributed by atoms with Crippen molar-refractivity contribution in [1.82, 2.24) is 0 Å². The van der Waals surface area contributed by atoms with Gasteiger partial charge in [-0.25, -0.2) is 0 Å². The lowest BCUT2D eigenvalue weighted by atomic mass is 9.93. The average molecular weight is 340 g/mol. The van der Waals surface area contributed by atoms with Crippen LogP contribution in [-0.2, 0) is 20.9 Å². The highest BCUT2D eigenvalue weighted by atomic mass is 16.5. The number of esters is 1. The quantitative estimate of drug-likeness (QED) is 0.283. The van der Waals surface area contributed by atoms with E-state index in [-0.39, 0.29) is 12.4 Å². The monoisotopic (exact) mass is 340 g/mol. The Morgan fingerprint density at radius 2 is 1.60 bits per heavy atom. The van der Waals surface area contributed by atoms with E-state index >= 15 is 0 Å². The third-order valence-corrected chi connectivity index (χ3v) is 3.84. The van der Waals surface area contributed by atoms with Crippen molar-refractivity contribution in [3.63, 3.8) is 0 Å². The van der Waals surface area contributed by atoms with E-state index in [0.717, 1.165) is 5.56 Å². The van der Waals surface area contributed by atoms with Crippen LogP contribution in [0.3, 0.4) is 0 Å². The summed E-state index contributed by atoms with van der Waals surface area (Å²) in [6.07, 6.45) is 1.04. The molecule has 1 unspecified atom stereocenters. The molecule has 0 spiro atoms. The van der Waals surface area contributed by atoms with Gasteiger partial charge in [0.15, 0.2) is 5.78 Å². The summed E-state index contributed by atoms with van der Waals surface area (Å²) in [5, 5.41) is 0. The van der Waals surface area contributed by atoms with Crippen molar-refractivity contribution in [3.8, 4) is 0 Å². The van der Waals surface area contributed by atoms with Crippen LogP contribution in [-0.4, -0.2) is 25.0 Å². The standard InChI is InChI=1S/C21H24O4/c1-2-25-21(23)19(20(22)18-12-7-4-8-13-18)14-9-15-24-16-17-10-5-3-6-11-17/h3-8,10-13,19H,2,9,14-16H2,1H3. The van der Waals surface area contributed by atoms with E-state index in [0.29, 0.717) is 31.6 Å². The first-order chi connectivity index (χ1) is 12.2. The highest BCUT2D eigenvalue weighted by Gasteiger charge is 2.28. The summed E-state index contributed by atoms with van der Waals surface area (Å²) < 4.78 is 10.7. The molecule has 0 amide bonds. The van der Waals surface area contributed by atoms with Crippen LogP contribution in [0.5, 0.6) is 0 Å². The molecule has 4 nitrogen and oxygen atoms in total. The number of benzene rings is 2. The van der Waals surface area contributed by atoms with Crippen molar-refractivity contribution >= 4 is 11.8 Å². The number of carbonyl (C=O) groups excluding carboxylic acids is 2. The molecule has 0 heterocycles. The van der Waals surface area contributed by atoms with E-state index in [9.17, 15) is 9.59 Å². The Balaban J connectivity index is 1.86. The zero-order chi connectivity index (χ0) is 17.9. The van der Waals surface area contributed by atoms with E-state index < -0.39 is 11.9 Å². The molecule has 0 fully saturated rings. The first kappa shape index (κ1) is 18.9. The second kappa shape index (κ2) is 10.4. The molecule has 0 N–H and O–H groups in total. The molecule has 0 aromatic heterocycles. The number of hydrogen-bond acceptors (Lipinski definition) is 4. The van der Waals surface area contributed by atoms with Crippen molar-refractivity contribution < 1.29 is 19.1 Å². The fourth-order valence-corrected chi connectivity index (χ4v) is 2.56. The van der Waals surface area contributed by atoms with Crippen molar-refractivity contribution in [2.24, 2.45) is 5.92 Å². The third-order valence-electron chi connectivity index (χ3n) is 3.84. The average Bonchev–Trinajstić information content (AvgIpc) is 2.66. The summed E-state index contributed by atoms with van der Waals surface area (Å²) in [6.45, 7) is 3.03. The Morgan fingerprint density at radius 3 is 2.24 bits per heavy atom. The Morgan fingerprint density at radius 1 is 0.960 bits per heavy atom. The smallest absolute Gasteiger partial charge is 0.316 e. The largest absolute Gasteiger partial charge is 0.465 e. The van der Waals surface area contributed by atoms with Crippen LogP contribution in [0.15, 0.2) is 60.7 Å². The normalized spacial score (nSPS) is 11.7. The number of hydrogen-bond donors (Lipinski definition) is 0. The maximum Gasteiger partial charge on any atom is 0.316 e. The Kier molecular flexibility index (Phi) is 7.86. The van der Waals surface area contributed by atoms with E-state index in [4.69, 9.17) is 9.47 Å². The maximum absolute atomic E-state index is 12.6. The molecule has 0 saturated carbocycles. The molecule has 0 aliphatic heterocycles. The second-order valence-corrected chi connectivity index (χ2v) is 5.72. The minimum Gasteiger partial charge on any atom is -0.465 e. The lowest BCUT2D eigenvalue weighted by molar-refractivity contribution is -0.146. The van der Waals surface area contributed by atoms with Gasteiger partial charge in [0, 0.05) is 12.2 Å². The second-order valence-electron chi connectivity index (χ2n) is 5.72. The molecule has 2 aromatic rings. The van der Waals surface area contributed by atoms with E-state index in [1.807, 2.05) is 36.4 Å². The summed E-state index contributed by atoms with van der Waals surface area (Å²) >= 11 is 0. The van der Waals surface area contributed by atoms with Gasteiger partial charge in [-0.05, 0) is 25.3 Å². The van der Waals surface area contributed by atoms with Crippen molar-refractivity contribution in [2.45, 2.75) is 26.4 Å². The minimum atomic E-state index is -0.775. The van der Waals surface area contributed by atoms with E-state index in [1.54, 1.807) is 31.2 Å². The third kappa shape index (κ3) is 6.16. The fourth-order valence-electron chi connectivity index (χ4n) is 2.56. The van der Waals surface area contributed by atoms with Crippen LogP contribution in [0.1, 0.15) is 35.7 Å². The van der Waals surface area contributed by atoms with Crippen LogP contribution >= 0.6 is 0 Å². The van der Waals surface area contributed by atoms with Gasteiger partial charge < -0.3 is 9.47 Å². The van der Waals surface area contributed by atoms with Gasteiger partial charge in [0.2, 0.25) is 0 Å². The predicted octanol–water partition coefficient (Wildman–Crippen LogP) is 4.05. The van der Waals surface area contributed by atoms with Crippen LogP contribution in [0, 0.1) is 5.92 Å². The lowest BCUT2D eigenvalue weighted by Crippen LogP contribution is -2.26. The number of rotatable bonds is 10. The van der Waals surface area contributed by atoms with Gasteiger partial charge in [-0.2, -0.15) is 0 Å². The van der Waals surface area contributed by atoms with Crippen molar-refractivity contribution in [3.05, 3.63) is 71.8 Å². The molecule has 0 aliphatic rings. The Hall–Kier alpha value is -2.46. The molecule has 2 rings (SSSR count). The van der Waals surface area contributed by atoms with Crippen LogP contribution in [0.25, 0.3) is 0 Å². The van der Waals surface area contributed by atoms with Crippen LogP contribution in [0.2, 0.25) is 0 Å². The lowest BCUT2D eigenvalue weighted by Gasteiger charge is -2.14. The Labute approximate surface area is 148 Å². The topological polar surface area (TPSA) is 52.6 Å². The number of ether oxygens (including phenoxy) is 2. The molecule has 0 aliphatic carbocycles. The van der Waals surface area contributed by atoms with Gasteiger partial charge in [-0.3, -0.25) is 9.59 Å². The van der Waals surface area contributed by atoms with E-state index in [1.165, 1.54) is 0 Å². The first-order valence-corrected chi connectivity index (χ1v) is 8.60. The SMILES string of the molecule is CCOC(=O)C(CCCOCc1ccccc1)C(=O)c1ccccc1. The maximum atomic E-state index is 12.6. The molecule has 4 heteroatoms. The van der Waals surface area contributed by atoms with Gasteiger partial charge in [-0.1, -0.05) is 60.7 Å². The number of carbonyl (C=O) groups is 2. The molecule has 2 aromatic carbocycles. The minimum absolute atomic E-state index is 0.192. The highest BCUT2D eigenvalue weighted by Crippen LogP contribution is 2.17. The Bertz CT molecular complexity index is 652. The number of Topliss-reactive ketones (excluding diaryl/α,β-unsaturated/α-hetero) is 1. The molecule has 0 saturated heterocycles. The number of ketones is 1. The van der Waals surface area contributed by atoms with E-state index in [2.05, 4.69) is 0 Å². The van der Waals surface area contributed by atoms with Crippen molar-refractivity contribution in [2.75, 3.05) is 13.2 Å². The van der Waals surface area contributed by atoms with Crippen LogP contribution in [0.4, 0.5) is 0 Å². The molecule has 1 atom stereocenters. The molecule has 132 valence electrons. The van der Waals surface area contributed by atoms with Gasteiger partial charge in [0.1, 0.15) is 5.92 Å². The predicted molar refractivity (Wildman–Crippen MR) is 96.2 cm³/mol. The zero-order valence-electron chi connectivity index (χ0n) is 14.5. The molecular weight excluding hydrogens is 316 g/mol. The molecular formula is C21H24O4. The van der Waals surface area contributed by atoms with Gasteiger partial charge in [0.05, 0.1) is 13.2 Å². The zero-order valence-corrected chi connectivity index (χ0v) is 14.5. The van der Waals surface area contributed by atoms with Gasteiger partial charge >= 0.3 is 5.97 Å². The van der Waals surface area contributed by atoms with Gasteiger partial charge in [-0.15, -0.1) is 0 Å². The first-order valence-electron chi connectivity index (χ1n) is 8.60. The summed E-state index contributed by atoms with van der Waals surface area (Å²) in [5.41, 5.74) is 1.63. The molecule has 0 radical (unpaired) electrons. The van der Waals surface area contributed by atoms with Gasteiger partial charge in [0.25, 0.3) is 0 Å². The fraction of sp³-hybridized carbons (Fsp3) is 0.333. The molecule has 0 bridgehead atoms. The summed E-state index contributed by atoms with van der Waals surface area (Å²) in [5.74, 6) is -1.43.